The highest BCUT2D eigenvalue weighted by Crippen LogP contribution is 2.17. The highest BCUT2D eigenvalue weighted by Gasteiger charge is 2.15. The predicted molar refractivity (Wildman–Crippen MR) is 89.7 cm³/mol. The van der Waals surface area contributed by atoms with Crippen LogP contribution in [0.3, 0.4) is 0 Å². The van der Waals surface area contributed by atoms with E-state index in [4.69, 9.17) is 0 Å². The first-order chi connectivity index (χ1) is 10.5. The van der Waals surface area contributed by atoms with E-state index in [1.165, 1.54) is 19.3 Å². The fourth-order valence-corrected chi connectivity index (χ4v) is 2.79. The minimum absolute atomic E-state index is 0.103. The number of nitrogens with one attached hydrogen (secondary N) is 2. The third kappa shape index (κ3) is 7.48. The van der Waals surface area contributed by atoms with Gasteiger partial charge in [-0.05, 0) is 33.1 Å². The molecule has 22 heavy (non-hydrogen) atoms. The lowest BCUT2D eigenvalue weighted by molar-refractivity contribution is -0.130. The van der Waals surface area contributed by atoms with E-state index in [2.05, 4.69) is 17.2 Å². The molecule has 0 aromatic heterocycles. The van der Waals surface area contributed by atoms with Crippen molar-refractivity contribution in [2.75, 3.05) is 19.6 Å². The van der Waals surface area contributed by atoms with Gasteiger partial charge >= 0.3 is 6.03 Å². The van der Waals surface area contributed by atoms with Crippen LogP contribution in [0, 0.1) is 0 Å². The summed E-state index contributed by atoms with van der Waals surface area (Å²) in [6.45, 7) is 9.58. The number of likely N-dealkylation sites (N-methyl/N-ethyl adjacent to an activating group) is 1. The molecule has 0 aromatic rings. The van der Waals surface area contributed by atoms with Crippen molar-refractivity contribution in [1.82, 2.24) is 15.5 Å². The van der Waals surface area contributed by atoms with Gasteiger partial charge in [-0.3, -0.25) is 4.79 Å². The zero-order valence-corrected chi connectivity index (χ0v) is 14.1. The van der Waals surface area contributed by atoms with Gasteiger partial charge < -0.3 is 15.5 Å². The smallest absolute Gasteiger partial charge is 0.315 e. The molecule has 2 N–H and O–H groups in total. The monoisotopic (exact) mass is 309 g/mol. The molecular formula is C17H31N3O2. The van der Waals surface area contributed by atoms with Crippen molar-refractivity contribution in [3.63, 3.8) is 0 Å². The van der Waals surface area contributed by atoms with Crippen molar-refractivity contribution in [3.05, 3.63) is 12.2 Å². The molecule has 0 bridgehead atoms. The van der Waals surface area contributed by atoms with Crippen molar-refractivity contribution in [2.24, 2.45) is 0 Å². The lowest BCUT2D eigenvalue weighted by Gasteiger charge is -2.23. The maximum Gasteiger partial charge on any atom is 0.315 e. The van der Waals surface area contributed by atoms with E-state index in [1.54, 1.807) is 4.90 Å². The Labute approximate surface area is 134 Å². The highest BCUT2D eigenvalue weighted by molar-refractivity contribution is 5.77. The van der Waals surface area contributed by atoms with Crippen LogP contribution in [-0.4, -0.2) is 42.5 Å². The van der Waals surface area contributed by atoms with Crippen LogP contribution in [0.5, 0.6) is 0 Å². The van der Waals surface area contributed by atoms with Crippen molar-refractivity contribution in [3.8, 4) is 0 Å². The summed E-state index contributed by atoms with van der Waals surface area (Å²) in [7, 11) is 0. The molecule has 5 nitrogen and oxygen atoms in total. The Kier molecular flexibility index (Phi) is 8.63. The molecule has 0 atom stereocenters. The summed E-state index contributed by atoms with van der Waals surface area (Å²) < 4.78 is 0. The van der Waals surface area contributed by atoms with Crippen molar-refractivity contribution in [1.29, 1.82) is 0 Å². The lowest BCUT2D eigenvalue weighted by atomic mass is 9.96. The predicted octanol–water partition coefficient (Wildman–Crippen LogP) is 2.82. The van der Waals surface area contributed by atoms with E-state index in [0.717, 1.165) is 18.4 Å². The highest BCUT2D eigenvalue weighted by atomic mass is 16.2. The minimum atomic E-state index is -0.103. The van der Waals surface area contributed by atoms with Gasteiger partial charge in [0.25, 0.3) is 0 Å². The minimum Gasteiger partial charge on any atom is -0.339 e. The van der Waals surface area contributed by atoms with Crippen molar-refractivity contribution < 1.29 is 9.59 Å². The molecule has 1 aliphatic carbocycles. The Morgan fingerprint density at radius 3 is 2.50 bits per heavy atom. The summed E-state index contributed by atoms with van der Waals surface area (Å²) in [6, 6.07) is 0.218. The van der Waals surface area contributed by atoms with E-state index in [9.17, 15) is 9.59 Å². The van der Waals surface area contributed by atoms with Crippen LogP contribution in [0.4, 0.5) is 4.79 Å². The largest absolute Gasteiger partial charge is 0.339 e. The number of rotatable bonds is 8. The van der Waals surface area contributed by atoms with Gasteiger partial charge in [0.2, 0.25) is 5.91 Å². The van der Waals surface area contributed by atoms with Crippen LogP contribution < -0.4 is 10.6 Å². The Morgan fingerprint density at radius 1 is 1.23 bits per heavy atom. The number of amides is 3. The SMILES string of the molecule is C=C(C)CN(CC)C(=O)CCCNC(=O)NC1CCCCC1. The van der Waals surface area contributed by atoms with Crippen LogP contribution >= 0.6 is 0 Å². The van der Waals surface area contributed by atoms with E-state index in [1.807, 2.05) is 13.8 Å². The average Bonchev–Trinajstić information content (AvgIpc) is 2.49. The van der Waals surface area contributed by atoms with E-state index in [0.29, 0.717) is 38.5 Å². The maximum absolute atomic E-state index is 12.0. The van der Waals surface area contributed by atoms with Gasteiger partial charge in [0.05, 0.1) is 0 Å². The molecule has 3 amide bonds. The molecule has 0 heterocycles. The number of hydrogen-bond donors (Lipinski definition) is 2. The fraction of sp³-hybridized carbons (Fsp3) is 0.765. The molecule has 0 spiro atoms. The normalized spacial score (nSPS) is 15.2. The van der Waals surface area contributed by atoms with Crippen LogP contribution in [-0.2, 0) is 4.79 Å². The molecular weight excluding hydrogens is 278 g/mol. The zero-order chi connectivity index (χ0) is 16.4. The van der Waals surface area contributed by atoms with Crippen molar-refractivity contribution in [2.45, 2.75) is 64.8 Å². The van der Waals surface area contributed by atoms with Crippen LogP contribution in [0.2, 0.25) is 0 Å². The molecule has 0 saturated heterocycles. The van der Waals surface area contributed by atoms with Gasteiger partial charge in [-0.15, -0.1) is 0 Å². The summed E-state index contributed by atoms with van der Waals surface area (Å²) in [5.74, 6) is 0.125. The third-order valence-electron chi connectivity index (χ3n) is 3.99. The molecule has 1 aliphatic rings. The lowest BCUT2D eigenvalue weighted by Crippen LogP contribution is -2.43. The van der Waals surface area contributed by atoms with Gasteiger partial charge in [0, 0.05) is 32.1 Å². The topological polar surface area (TPSA) is 61.4 Å². The number of hydrogen-bond acceptors (Lipinski definition) is 2. The number of carbonyl (C=O) groups excluding carboxylic acids is 2. The van der Waals surface area contributed by atoms with E-state index in [-0.39, 0.29) is 11.9 Å². The van der Waals surface area contributed by atoms with E-state index < -0.39 is 0 Å². The molecule has 0 radical (unpaired) electrons. The van der Waals surface area contributed by atoms with Crippen LogP contribution in [0.25, 0.3) is 0 Å². The number of carbonyl (C=O) groups is 2. The Hall–Kier alpha value is -1.52. The molecule has 0 aliphatic heterocycles. The molecule has 0 aromatic carbocycles. The molecule has 126 valence electrons. The Bertz CT molecular complexity index is 376. The van der Waals surface area contributed by atoms with Gasteiger partial charge in [-0.25, -0.2) is 4.79 Å². The third-order valence-corrected chi connectivity index (χ3v) is 3.99. The van der Waals surface area contributed by atoms with Crippen molar-refractivity contribution >= 4 is 11.9 Å². The van der Waals surface area contributed by atoms with Crippen LogP contribution in [0.1, 0.15) is 58.8 Å². The fourth-order valence-electron chi connectivity index (χ4n) is 2.79. The summed E-state index contributed by atoms with van der Waals surface area (Å²) in [4.78, 5) is 25.6. The molecule has 1 saturated carbocycles. The summed E-state index contributed by atoms with van der Waals surface area (Å²) >= 11 is 0. The second-order valence-electron chi connectivity index (χ2n) is 6.20. The second kappa shape index (κ2) is 10.2. The summed E-state index contributed by atoms with van der Waals surface area (Å²) in [6.07, 6.45) is 6.98. The quantitative estimate of drug-likeness (QED) is 0.535. The Balaban J connectivity index is 2.13. The van der Waals surface area contributed by atoms with Crippen LogP contribution in [0.15, 0.2) is 12.2 Å². The van der Waals surface area contributed by atoms with Gasteiger partial charge in [0.15, 0.2) is 0 Å². The first kappa shape index (κ1) is 18.5. The van der Waals surface area contributed by atoms with Gasteiger partial charge in [0.1, 0.15) is 0 Å². The average molecular weight is 309 g/mol. The second-order valence-corrected chi connectivity index (χ2v) is 6.20. The summed E-state index contributed by atoms with van der Waals surface area (Å²) in [5.41, 5.74) is 0.986. The zero-order valence-electron chi connectivity index (χ0n) is 14.1. The Morgan fingerprint density at radius 2 is 1.91 bits per heavy atom. The summed E-state index contributed by atoms with van der Waals surface area (Å²) in [5, 5.41) is 5.85. The molecule has 0 unspecified atom stereocenters. The first-order valence-electron chi connectivity index (χ1n) is 8.49. The standard InChI is InChI=1S/C17H31N3O2/c1-4-20(13-14(2)3)16(21)11-8-12-18-17(22)19-15-9-6-5-7-10-15/h15H,2,4-13H2,1,3H3,(H2,18,19,22). The maximum atomic E-state index is 12.0. The molecule has 1 fully saturated rings. The number of nitrogens with zero attached hydrogens (tertiary/aromatic N) is 1. The molecule has 5 heteroatoms. The van der Waals surface area contributed by atoms with Gasteiger partial charge in [-0.2, -0.15) is 0 Å². The molecule has 1 rings (SSSR count). The van der Waals surface area contributed by atoms with Gasteiger partial charge in [-0.1, -0.05) is 31.4 Å². The van der Waals surface area contributed by atoms with E-state index >= 15 is 0 Å². The first-order valence-corrected chi connectivity index (χ1v) is 8.49. The number of urea groups is 1.